The molecule has 0 aliphatic rings. The van der Waals surface area contributed by atoms with E-state index < -0.39 is 0 Å². The monoisotopic (exact) mass is 477 g/mol. The maximum atomic E-state index is 12.6. The third-order valence-electron chi connectivity index (χ3n) is 5.45. The van der Waals surface area contributed by atoms with Crippen LogP contribution in [0.5, 0.6) is 17.2 Å². The number of benzene rings is 3. The van der Waals surface area contributed by atoms with Gasteiger partial charge in [-0.15, -0.1) is 0 Å². The Morgan fingerprint density at radius 1 is 0.800 bits per heavy atom. The van der Waals surface area contributed by atoms with Gasteiger partial charge in [-0.3, -0.25) is 14.5 Å². The van der Waals surface area contributed by atoms with Crippen molar-refractivity contribution in [3.8, 4) is 17.2 Å². The molecule has 184 valence electrons. The van der Waals surface area contributed by atoms with Gasteiger partial charge in [-0.1, -0.05) is 25.1 Å². The number of ether oxygens (including phenoxy) is 3. The van der Waals surface area contributed by atoms with Gasteiger partial charge in [0.05, 0.1) is 33.6 Å². The minimum Gasteiger partial charge on any atom is -0.495 e. The average molecular weight is 478 g/mol. The molecule has 0 aliphatic heterocycles. The maximum Gasteiger partial charge on any atom is 0.255 e. The summed E-state index contributed by atoms with van der Waals surface area (Å²) in [5, 5.41) is 5.73. The molecule has 0 spiro atoms. The van der Waals surface area contributed by atoms with Crippen molar-refractivity contribution in [3.63, 3.8) is 0 Å². The van der Waals surface area contributed by atoms with Crippen LogP contribution in [0.4, 0.5) is 11.4 Å². The lowest BCUT2D eigenvalue weighted by Gasteiger charge is -2.20. The van der Waals surface area contributed by atoms with E-state index in [1.807, 2.05) is 42.2 Å². The van der Waals surface area contributed by atoms with Gasteiger partial charge >= 0.3 is 0 Å². The van der Waals surface area contributed by atoms with Crippen molar-refractivity contribution in [2.45, 2.75) is 13.5 Å². The Balaban J connectivity index is 1.57. The number of nitrogens with one attached hydrogen (secondary N) is 2. The molecule has 2 amide bonds. The summed E-state index contributed by atoms with van der Waals surface area (Å²) in [6.45, 7) is 3.51. The summed E-state index contributed by atoms with van der Waals surface area (Å²) in [7, 11) is 4.75. The fourth-order valence-electron chi connectivity index (χ4n) is 3.57. The van der Waals surface area contributed by atoms with Crippen LogP contribution in [0.3, 0.4) is 0 Å². The predicted octanol–water partition coefficient (Wildman–Crippen LogP) is 4.43. The predicted molar refractivity (Wildman–Crippen MR) is 137 cm³/mol. The Hall–Kier alpha value is -4.04. The molecule has 0 fully saturated rings. The highest BCUT2D eigenvalue weighted by molar-refractivity contribution is 6.05. The molecule has 2 N–H and O–H groups in total. The van der Waals surface area contributed by atoms with Gasteiger partial charge in [-0.2, -0.15) is 0 Å². The lowest BCUT2D eigenvalue weighted by atomic mass is 10.1. The number of hydrogen-bond donors (Lipinski definition) is 2. The number of amides is 2. The summed E-state index contributed by atoms with van der Waals surface area (Å²) in [4.78, 5) is 27.2. The van der Waals surface area contributed by atoms with Crippen LogP contribution in [-0.2, 0) is 11.3 Å². The van der Waals surface area contributed by atoms with Gasteiger partial charge in [0.25, 0.3) is 5.91 Å². The van der Waals surface area contributed by atoms with Crippen molar-refractivity contribution >= 4 is 23.2 Å². The number of carbonyl (C=O) groups excluding carboxylic acids is 2. The molecule has 8 nitrogen and oxygen atoms in total. The summed E-state index contributed by atoms with van der Waals surface area (Å²) in [5.41, 5.74) is 2.69. The summed E-state index contributed by atoms with van der Waals surface area (Å²) < 4.78 is 15.9. The van der Waals surface area contributed by atoms with E-state index in [1.54, 1.807) is 57.7 Å². The highest BCUT2D eigenvalue weighted by atomic mass is 16.5. The van der Waals surface area contributed by atoms with E-state index >= 15 is 0 Å². The Labute approximate surface area is 205 Å². The molecule has 3 aromatic rings. The second kappa shape index (κ2) is 12.4. The van der Waals surface area contributed by atoms with Crippen molar-refractivity contribution in [2.24, 2.45) is 0 Å². The average Bonchev–Trinajstić information content (AvgIpc) is 2.88. The maximum absolute atomic E-state index is 12.6. The molecule has 0 heterocycles. The third-order valence-corrected chi connectivity index (χ3v) is 5.45. The van der Waals surface area contributed by atoms with E-state index in [1.165, 1.54) is 0 Å². The molecule has 0 saturated carbocycles. The molecule has 0 radical (unpaired) electrons. The molecular formula is C27H31N3O5. The smallest absolute Gasteiger partial charge is 0.255 e. The highest BCUT2D eigenvalue weighted by Gasteiger charge is 2.13. The van der Waals surface area contributed by atoms with Gasteiger partial charge in [-0.05, 0) is 60.6 Å². The molecule has 35 heavy (non-hydrogen) atoms. The molecule has 0 atom stereocenters. The fraction of sp³-hybridized carbons (Fsp3) is 0.259. The van der Waals surface area contributed by atoms with Crippen LogP contribution in [0.2, 0.25) is 0 Å². The molecule has 0 saturated heterocycles. The Morgan fingerprint density at radius 3 is 2.14 bits per heavy atom. The lowest BCUT2D eigenvalue weighted by Crippen LogP contribution is -2.32. The number of carbonyl (C=O) groups is 2. The van der Waals surface area contributed by atoms with Gasteiger partial charge < -0.3 is 24.8 Å². The van der Waals surface area contributed by atoms with E-state index in [0.717, 1.165) is 5.56 Å². The number of methoxy groups -OCH3 is 3. The van der Waals surface area contributed by atoms with Crippen LogP contribution in [0.25, 0.3) is 0 Å². The molecule has 0 unspecified atom stereocenters. The van der Waals surface area contributed by atoms with Crippen molar-refractivity contribution < 1.29 is 23.8 Å². The first-order chi connectivity index (χ1) is 17.0. The Morgan fingerprint density at radius 2 is 1.49 bits per heavy atom. The van der Waals surface area contributed by atoms with Crippen LogP contribution in [0.1, 0.15) is 22.8 Å². The molecule has 0 bridgehead atoms. The summed E-state index contributed by atoms with van der Waals surface area (Å²) in [6.07, 6.45) is 0. The first-order valence-corrected chi connectivity index (χ1v) is 11.2. The van der Waals surface area contributed by atoms with E-state index in [-0.39, 0.29) is 18.4 Å². The lowest BCUT2D eigenvalue weighted by molar-refractivity contribution is -0.117. The van der Waals surface area contributed by atoms with Crippen LogP contribution < -0.4 is 24.8 Å². The normalized spacial score (nSPS) is 10.5. The zero-order valence-electron chi connectivity index (χ0n) is 20.5. The molecule has 3 rings (SSSR count). The van der Waals surface area contributed by atoms with Crippen LogP contribution in [0, 0.1) is 0 Å². The molecular weight excluding hydrogens is 446 g/mol. The summed E-state index contributed by atoms with van der Waals surface area (Å²) >= 11 is 0. The van der Waals surface area contributed by atoms with Gasteiger partial charge in [0.1, 0.15) is 5.75 Å². The quantitative estimate of drug-likeness (QED) is 0.425. The molecule has 3 aromatic carbocycles. The molecule has 0 aromatic heterocycles. The van der Waals surface area contributed by atoms with Crippen LogP contribution in [0.15, 0.2) is 66.7 Å². The SMILES string of the molecule is CCN(CC(=O)Nc1ccc(C(=O)Nc2ccccc2OC)cc1)Cc1ccc(OC)c(OC)c1. The molecule has 8 heteroatoms. The van der Waals surface area contributed by atoms with Crippen molar-refractivity contribution in [2.75, 3.05) is 45.1 Å². The highest BCUT2D eigenvalue weighted by Crippen LogP contribution is 2.28. The minimum absolute atomic E-state index is 0.140. The van der Waals surface area contributed by atoms with Crippen LogP contribution in [-0.4, -0.2) is 51.1 Å². The summed E-state index contributed by atoms with van der Waals surface area (Å²) in [5.74, 6) is 1.49. The standard InChI is InChI=1S/C27H31N3O5/c1-5-30(17-19-10-15-24(34-3)25(16-19)35-4)18-26(31)28-21-13-11-20(12-14-21)27(32)29-22-8-6-7-9-23(22)33-2/h6-16H,5,17-18H2,1-4H3,(H,28,31)(H,29,32). The largest absolute Gasteiger partial charge is 0.495 e. The first kappa shape index (κ1) is 25.6. The van der Waals surface area contributed by atoms with Gasteiger partial charge in [0, 0.05) is 17.8 Å². The molecule has 0 aliphatic carbocycles. The third kappa shape index (κ3) is 6.97. The minimum atomic E-state index is -0.264. The topological polar surface area (TPSA) is 89.1 Å². The fourth-order valence-corrected chi connectivity index (χ4v) is 3.57. The van der Waals surface area contributed by atoms with E-state index in [0.29, 0.717) is 47.3 Å². The van der Waals surface area contributed by atoms with E-state index in [4.69, 9.17) is 14.2 Å². The van der Waals surface area contributed by atoms with Crippen molar-refractivity contribution in [3.05, 3.63) is 77.9 Å². The second-order valence-electron chi connectivity index (χ2n) is 7.77. The number of hydrogen-bond acceptors (Lipinski definition) is 6. The zero-order chi connectivity index (χ0) is 25.2. The van der Waals surface area contributed by atoms with Gasteiger partial charge in [0.2, 0.25) is 5.91 Å². The van der Waals surface area contributed by atoms with Gasteiger partial charge in [-0.25, -0.2) is 0 Å². The van der Waals surface area contributed by atoms with E-state index in [9.17, 15) is 9.59 Å². The first-order valence-electron chi connectivity index (χ1n) is 11.2. The number of likely N-dealkylation sites (N-methyl/N-ethyl adjacent to an activating group) is 1. The number of anilines is 2. The number of nitrogens with zero attached hydrogens (tertiary/aromatic N) is 1. The Kier molecular flexibility index (Phi) is 9.09. The second-order valence-corrected chi connectivity index (χ2v) is 7.77. The van der Waals surface area contributed by atoms with Crippen molar-refractivity contribution in [1.82, 2.24) is 4.90 Å². The van der Waals surface area contributed by atoms with Gasteiger partial charge in [0.15, 0.2) is 11.5 Å². The number of rotatable bonds is 11. The number of para-hydroxylation sites is 2. The van der Waals surface area contributed by atoms with Crippen molar-refractivity contribution in [1.29, 1.82) is 0 Å². The summed E-state index contributed by atoms with van der Waals surface area (Å²) in [6, 6.07) is 19.7. The van der Waals surface area contributed by atoms with Crippen LogP contribution >= 0.6 is 0 Å². The zero-order valence-corrected chi connectivity index (χ0v) is 20.5. The van der Waals surface area contributed by atoms with E-state index in [2.05, 4.69) is 10.6 Å². The Bertz CT molecular complexity index is 1150.